The smallest absolute Gasteiger partial charge is 0.275 e. The average Bonchev–Trinajstić information content (AvgIpc) is 2.37. The van der Waals surface area contributed by atoms with Gasteiger partial charge in [0.1, 0.15) is 11.5 Å². The molecule has 18 heavy (non-hydrogen) atoms. The number of anilines is 1. The summed E-state index contributed by atoms with van der Waals surface area (Å²) in [5.74, 6) is -0.858. The molecular weight excluding hydrogens is 301 g/mol. The number of aromatic nitrogens is 2. The molecule has 0 bridgehead atoms. The Morgan fingerprint density at radius 2 is 2.17 bits per heavy atom. The average molecular weight is 310 g/mol. The molecule has 2 rings (SSSR count). The summed E-state index contributed by atoms with van der Waals surface area (Å²) in [7, 11) is 0. The fraction of sp³-hybridized carbons (Fsp3) is 0.0833. The van der Waals surface area contributed by atoms with Crippen LogP contribution in [-0.2, 0) is 0 Å². The fourth-order valence-corrected chi connectivity index (χ4v) is 1.84. The number of benzene rings is 1. The maximum Gasteiger partial charge on any atom is 0.275 e. The fourth-order valence-electron chi connectivity index (χ4n) is 1.38. The highest BCUT2D eigenvalue weighted by atomic mass is 79.9. The van der Waals surface area contributed by atoms with Crippen molar-refractivity contribution in [1.29, 1.82) is 0 Å². The molecule has 0 saturated heterocycles. The molecule has 0 aliphatic heterocycles. The first-order valence-electron chi connectivity index (χ1n) is 5.11. The zero-order valence-corrected chi connectivity index (χ0v) is 11.0. The molecule has 0 atom stereocenters. The van der Waals surface area contributed by atoms with Gasteiger partial charge in [-0.15, -0.1) is 0 Å². The van der Waals surface area contributed by atoms with E-state index in [1.165, 1.54) is 24.7 Å². The summed E-state index contributed by atoms with van der Waals surface area (Å²) in [5, 5.41) is 2.59. The van der Waals surface area contributed by atoms with Crippen molar-refractivity contribution in [3.63, 3.8) is 0 Å². The summed E-state index contributed by atoms with van der Waals surface area (Å²) in [6, 6.07) is 2.86. The van der Waals surface area contributed by atoms with Crippen LogP contribution in [0.5, 0.6) is 0 Å². The standard InChI is InChI=1S/C12H9BrFN3O/c1-7-4-8(13)9(14)5-10(7)17-12(18)11-6-15-2-3-16-11/h2-6H,1H3,(H,17,18). The van der Waals surface area contributed by atoms with E-state index in [1.807, 2.05) is 0 Å². The number of carbonyl (C=O) groups is 1. The van der Waals surface area contributed by atoms with E-state index in [1.54, 1.807) is 13.0 Å². The summed E-state index contributed by atoms with van der Waals surface area (Å²) < 4.78 is 13.7. The lowest BCUT2D eigenvalue weighted by Crippen LogP contribution is -2.14. The third kappa shape index (κ3) is 2.70. The zero-order valence-electron chi connectivity index (χ0n) is 9.45. The molecule has 1 aromatic carbocycles. The van der Waals surface area contributed by atoms with Crippen LogP contribution in [0, 0.1) is 12.7 Å². The van der Waals surface area contributed by atoms with Crippen LogP contribution in [-0.4, -0.2) is 15.9 Å². The van der Waals surface area contributed by atoms with Gasteiger partial charge in [-0.25, -0.2) is 9.37 Å². The van der Waals surface area contributed by atoms with Crippen molar-refractivity contribution in [2.24, 2.45) is 0 Å². The summed E-state index contributed by atoms with van der Waals surface area (Å²) in [5.41, 5.74) is 1.34. The number of amides is 1. The monoisotopic (exact) mass is 309 g/mol. The van der Waals surface area contributed by atoms with Crippen LogP contribution in [0.25, 0.3) is 0 Å². The van der Waals surface area contributed by atoms with Gasteiger partial charge in [0.25, 0.3) is 5.91 Å². The van der Waals surface area contributed by atoms with E-state index >= 15 is 0 Å². The van der Waals surface area contributed by atoms with E-state index in [2.05, 4.69) is 31.2 Å². The lowest BCUT2D eigenvalue weighted by molar-refractivity contribution is 0.102. The van der Waals surface area contributed by atoms with E-state index in [9.17, 15) is 9.18 Å². The van der Waals surface area contributed by atoms with Crippen LogP contribution in [0.2, 0.25) is 0 Å². The third-order valence-electron chi connectivity index (χ3n) is 2.31. The van der Waals surface area contributed by atoms with Gasteiger partial charge in [-0.05, 0) is 40.5 Å². The number of nitrogens with one attached hydrogen (secondary N) is 1. The first kappa shape index (κ1) is 12.6. The van der Waals surface area contributed by atoms with Gasteiger partial charge in [-0.1, -0.05) is 0 Å². The van der Waals surface area contributed by atoms with Crippen molar-refractivity contribution < 1.29 is 9.18 Å². The Morgan fingerprint density at radius 1 is 1.39 bits per heavy atom. The molecule has 2 aromatic rings. The van der Waals surface area contributed by atoms with Gasteiger partial charge in [0.15, 0.2) is 0 Å². The molecule has 0 unspecified atom stereocenters. The quantitative estimate of drug-likeness (QED) is 0.928. The highest BCUT2D eigenvalue weighted by Crippen LogP contribution is 2.24. The molecule has 0 spiro atoms. The van der Waals surface area contributed by atoms with E-state index in [-0.39, 0.29) is 5.69 Å². The van der Waals surface area contributed by atoms with E-state index in [4.69, 9.17) is 0 Å². The molecule has 1 heterocycles. The minimum Gasteiger partial charge on any atom is -0.320 e. The van der Waals surface area contributed by atoms with Gasteiger partial charge in [-0.2, -0.15) is 0 Å². The minimum absolute atomic E-state index is 0.181. The SMILES string of the molecule is Cc1cc(Br)c(F)cc1NC(=O)c1cnccn1. The Labute approximate surface area is 111 Å². The number of aryl methyl sites for hydroxylation is 1. The normalized spacial score (nSPS) is 10.2. The minimum atomic E-state index is -0.435. The highest BCUT2D eigenvalue weighted by molar-refractivity contribution is 9.10. The van der Waals surface area contributed by atoms with Gasteiger partial charge < -0.3 is 5.32 Å². The number of halogens is 2. The molecule has 0 radical (unpaired) electrons. The van der Waals surface area contributed by atoms with E-state index in [0.29, 0.717) is 10.2 Å². The van der Waals surface area contributed by atoms with Gasteiger partial charge >= 0.3 is 0 Å². The molecule has 1 amide bonds. The predicted molar refractivity (Wildman–Crippen MR) is 68.8 cm³/mol. The molecule has 92 valence electrons. The van der Waals surface area contributed by atoms with Crippen molar-refractivity contribution in [2.45, 2.75) is 6.92 Å². The van der Waals surface area contributed by atoms with Crippen molar-refractivity contribution in [3.05, 3.63) is 52.3 Å². The molecule has 1 N–H and O–H groups in total. The Hall–Kier alpha value is -1.82. The number of hydrogen-bond donors (Lipinski definition) is 1. The van der Waals surface area contributed by atoms with E-state index in [0.717, 1.165) is 5.56 Å². The Balaban J connectivity index is 2.25. The maximum atomic E-state index is 13.4. The molecule has 0 aliphatic carbocycles. The topological polar surface area (TPSA) is 54.9 Å². The summed E-state index contributed by atoms with van der Waals surface area (Å²) in [6.07, 6.45) is 4.24. The first-order chi connectivity index (χ1) is 8.58. The molecular formula is C12H9BrFN3O. The van der Waals surface area contributed by atoms with E-state index < -0.39 is 11.7 Å². The summed E-state index contributed by atoms with van der Waals surface area (Å²) >= 11 is 3.08. The summed E-state index contributed by atoms with van der Waals surface area (Å²) in [4.78, 5) is 19.5. The van der Waals surface area contributed by atoms with Crippen LogP contribution in [0.15, 0.2) is 35.2 Å². The van der Waals surface area contributed by atoms with Crippen molar-refractivity contribution in [2.75, 3.05) is 5.32 Å². The van der Waals surface area contributed by atoms with Crippen LogP contribution in [0.1, 0.15) is 16.1 Å². The zero-order chi connectivity index (χ0) is 13.1. The van der Waals surface area contributed by atoms with Crippen LogP contribution in [0.4, 0.5) is 10.1 Å². The number of rotatable bonds is 2. The lowest BCUT2D eigenvalue weighted by atomic mass is 10.2. The highest BCUT2D eigenvalue weighted by Gasteiger charge is 2.11. The van der Waals surface area contributed by atoms with Gasteiger partial charge in [-0.3, -0.25) is 9.78 Å². The number of nitrogens with zero attached hydrogens (tertiary/aromatic N) is 2. The van der Waals surface area contributed by atoms with Gasteiger partial charge in [0, 0.05) is 18.1 Å². The lowest BCUT2D eigenvalue weighted by Gasteiger charge is -2.08. The molecule has 0 aliphatic rings. The number of carbonyl (C=O) groups excluding carboxylic acids is 1. The molecule has 6 heteroatoms. The molecule has 1 aromatic heterocycles. The maximum absolute atomic E-state index is 13.4. The number of hydrogen-bond acceptors (Lipinski definition) is 3. The van der Waals surface area contributed by atoms with Gasteiger partial charge in [0.05, 0.1) is 10.7 Å². The van der Waals surface area contributed by atoms with Crippen LogP contribution in [0.3, 0.4) is 0 Å². The Kier molecular flexibility index (Phi) is 3.66. The molecule has 4 nitrogen and oxygen atoms in total. The first-order valence-corrected chi connectivity index (χ1v) is 5.90. The van der Waals surface area contributed by atoms with Crippen molar-refractivity contribution >= 4 is 27.5 Å². The predicted octanol–water partition coefficient (Wildman–Crippen LogP) is 2.94. The summed E-state index contributed by atoms with van der Waals surface area (Å²) in [6.45, 7) is 1.77. The van der Waals surface area contributed by atoms with Gasteiger partial charge in [0.2, 0.25) is 0 Å². The Bertz CT molecular complexity index is 589. The second-order valence-electron chi connectivity index (χ2n) is 3.63. The second kappa shape index (κ2) is 5.22. The second-order valence-corrected chi connectivity index (χ2v) is 4.48. The molecule has 0 saturated carbocycles. The third-order valence-corrected chi connectivity index (χ3v) is 2.92. The van der Waals surface area contributed by atoms with Crippen molar-refractivity contribution in [1.82, 2.24) is 9.97 Å². The molecule has 0 fully saturated rings. The van der Waals surface area contributed by atoms with Crippen LogP contribution >= 0.6 is 15.9 Å². The Morgan fingerprint density at radius 3 is 2.83 bits per heavy atom. The van der Waals surface area contributed by atoms with Crippen molar-refractivity contribution in [3.8, 4) is 0 Å². The van der Waals surface area contributed by atoms with Crippen LogP contribution < -0.4 is 5.32 Å². The largest absolute Gasteiger partial charge is 0.320 e.